The standard InChI is InChI=1S/C39H71N3O11/c1-34(43)31-42(38(47)19-17-15-13-11-9-7-5-3-4-6-8-10-12-14-16-18-20-39(48)49)24-21-36(45)40-22-25-50-28-30-53-33-37(46)41-23-26-51-27-29-52-32-35(2)44/h3-33H2,1-2H3,(H,40,45)(H,41,46)(H,48,49). The molecular formula is C39H71N3O11. The van der Waals surface area contributed by atoms with Crippen LogP contribution in [0, 0.1) is 0 Å². The summed E-state index contributed by atoms with van der Waals surface area (Å²) in [7, 11) is 0. The van der Waals surface area contributed by atoms with Crippen LogP contribution in [0.2, 0.25) is 0 Å². The van der Waals surface area contributed by atoms with Crippen molar-refractivity contribution in [2.45, 2.75) is 136 Å². The van der Waals surface area contributed by atoms with Crippen molar-refractivity contribution in [3.8, 4) is 0 Å². The fourth-order valence-electron chi connectivity index (χ4n) is 5.47. The Kier molecular flexibility index (Phi) is 35.3. The van der Waals surface area contributed by atoms with E-state index in [9.17, 15) is 28.8 Å². The molecule has 0 aliphatic rings. The molecule has 0 aromatic heterocycles. The topological polar surface area (TPSA) is 187 Å². The van der Waals surface area contributed by atoms with Crippen LogP contribution in [0.5, 0.6) is 0 Å². The fraction of sp³-hybridized carbons (Fsp3) is 0.846. The first-order valence-electron chi connectivity index (χ1n) is 19.9. The number of nitrogens with one attached hydrogen (secondary N) is 2. The molecule has 0 aromatic rings. The number of ketones is 2. The minimum absolute atomic E-state index is 0.00817. The van der Waals surface area contributed by atoms with Crippen molar-refractivity contribution < 1.29 is 52.8 Å². The van der Waals surface area contributed by atoms with E-state index in [0.717, 1.165) is 38.5 Å². The van der Waals surface area contributed by atoms with Gasteiger partial charge in [-0.15, -0.1) is 0 Å². The van der Waals surface area contributed by atoms with Crippen LogP contribution in [0.15, 0.2) is 0 Å². The monoisotopic (exact) mass is 758 g/mol. The molecule has 0 aliphatic heterocycles. The molecule has 0 heterocycles. The van der Waals surface area contributed by atoms with Gasteiger partial charge in [-0.1, -0.05) is 89.9 Å². The number of hydrogen-bond donors (Lipinski definition) is 3. The molecule has 0 saturated carbocycles. The van der Waals surface area contributed by atoms with Gasteiger partial charge in [-0.05, 0) is 26.7 Å². The molecule has 0 bridgehead atoms. The van der Waals surface area contributed by atoms with Crippen molar-refractivity contribution in [1.29, 1.82) is 0 Å². The van der Waals surface area contributed by atoms with Crippen LogP contribution in [0.1, 0.15) is 136 Å². The first-order chi connectivity index (χ1) is 25.6. The molecule has 3 N–H and O–H groups in total. The van der Waals surface area contributed by atoms with Crippen molar-refractivity contribution >= 4 is 35.3 Å². The molecule has 0 spiro atoms. The number of carbonyl (C=O) groups excluding carboxylic acids is 5. The predicted octanol–water partition coefficient (Wildman–Crippen LogP) is 4.79. The number of Topliss-reactive ketones (excluding diaryl/α,β-unsaturated/α-hetero) is 2. The van der Waals surface area contributed by atoms with Gasteiger partial charge in [-0.2, -0.15) is 0 Å². The number of carboxylic acid groups (broad SMARTS) is 1. The first-order valence-corrected chi connectivity index (χ1v) is 19.9. The predicted molar refractivity (Wildman–Crippen MR) is 203 cm³/mol. The molecule has 53 heavy (non-hydrogen) atoms. The summed E-state index contributed by atoms with van der Waals surface area (Å²) in [5.41, 5.74) is 0. The number of nitrogens with zero attached hydrogens (tertiary/aromatic N) is 1. The maximum absolute atomic E-state index is 12.8. The number of rotatable bonds is 40. The minimum atomic E-state index is -0.696. The molecule has 0 fully saturated rings. The Hall–Kier alpha value is -2.94. The zero-order valence-corrected chi connectivity index (χ0v) is 32.9. The van der Waals surface area contributed by atoms with E-state index in [0.29, 0.717) is 45.8 Å². The number of carbonyl (C=O) groups is 6. The van der Waals surface area contributed by atoms with Crippen LogP contribution >= 0.6 is 0 Å². The summed E-state index contributed by atoms with van der Waals surface area (Å²) in [6, 6.07) is 0. The number of amides is 3. The van der Waals surface area contributed by atoms with Gasteiger partial charge >= 0.3 is 5.97 Å². The van der Waals surface area contributed by atoms with Crippen molar-refractivity contribution in [3.05, 3.63) is 0 Å². The molecular weight excluding hydrogens is 686 g/mol. The van der Waals surface area contributed by atoms with Crippen molar-refractivity contribution in [3.63, 3.8) is 0 Å². The number of carboxylic acids is 1. The molecule has 0 atom stereocenters. The minimum Gasteiger partial charge on any atom is -0.481 e. The molecule has 14 nitrogen and oxygen atoms in total. The van der Waals surface area contributed by atoms with Crippen LogP contribution in [-0.4, -0.2) is 124 Å². The summed E-state index contributed by atoms with van der Waals surface area (Å²) in [5.74, 6) is -1.45. The van der Waals surface area contributed by atoms with Gasteiger partial charge in [0.15, 0.2) is 5.78 Å². The number of hydrogen-bond acceptors (Lipinski definition) is 10. The lowest BCUT2D eigenvalue weighted by Gasteiger charge is -2.21. The van der Waals surface area contributed by atoms with Gasteiger partial charge in [0.05, 0.1) is 46.2 Å². The summed E-state index contributed by atoms with van der Waals surface area (Å²) >= 11 is 0. The third-order valence-corrected chi connectivity index (χ3v) is 8.33. The van der Waals surface area contributed by atoms with Crippen LogP contribution in [-0.2, 0) is 47.7 Å². The van der Waals surface area contributed by atoms with Gasteiger partial charge in [0.2, 0.25) is 17.7 Å². The van der Waals surface area contributed by atoms with Gasteiger partial charge in [-0.3, -0.25) is 28.8 Å². The molecule has 0 radical (unpaired) electrons. The molecule has 0 aliphatic carbocycles. The Balaban J connectivity index is 3.73. The quantitative estimate of drug-likeness (QED) is 0.0730. The molecule has 0 rings (SSSR count). The summed E-state index contributed by atoms with van der Waals surface area (Å²) in [6.07, 6.45) is 19.1. The Labute approximate surface area is 318 Å². The van der Waals surface area contributed by atoms with E-state index in [4.69, 9.17) is 24.1 Å². The molecule has 3 amide bonds. The molecule has 308 valence electrons. The second-order valence-corrected chi connectivity index (χ2v) is 13.5. The Bertz CT molecular complexity index is 980. The van der Waals surface area contributed by atoms with Gasteiger partial charge in [0, 0.05) is 38.9 Å². The van der Waals surface area contributed by atoms with Gasteiger partial charge in [0.25, 0.3) is 0 Å². The Morgan fingerprint density at radius 3 is 1.34 bits per heavy atom. The smallest absolute Gasteiger partial charge is 0.303 e. The third kappa shape index (κ3) is 38.6. The van der Waals surface area contributed by atoms with E-state index in [1.165, 1.54) is 83.0 Å². The second kappa shape index (κ2) is 37.4. The highest BCUT2D eigenvalue weighted by atomic mass is 16.5. The molecule has 0 aromatic carbocycles. The molecule has 0 unspecified atom stereocenters. The highest BCUT2D eigenvalue weighted by molar-refractivity contribution is 5.85. The Morgan fingerprint density at radius 1 is 0.472 bits per heavy atom. The summed E-state index contributed by atoms with van der Waals surface area (Å²) in [5, 5.41) is 14.1. The van der Waals surface area contributed by atoms with Crippen LogP contribution < -0.4 is 10.6 Å². The zero-order valence-electron chi connectivity index (χ0n) is 32.9. The third-order valence-electron chi connectivity index (χ3n) is 8.33. The highest BCUT2D eigenvalue weighted by Gasteiger charge is 2.16. The SMILES string of the molecule is CC(=O)COCCOCCNC(=O)COCCOCCNC(=O)CCN(CC(C)=O)C(=O)CCCCCCCCCCCCCCCCCCC(=O)O. The fourth-order valence-corrected chi connectivity index (χ4v) is 5.47. The van der Waals surface area contributed by atoms with Crippen LogP contribution in [0.3, 0.4) is 0 Å². The van der Waals surface area contributed by atoms with E-state index < -0.39 is 5.97 Å². The molecule has 0 saturated heterocycles. The van der Waals surface area contributed by atoms with Crippen molar-refractivity contribution in [2.75, 3.05) is 79.0 Å². The number of aliphatic carboxylic acids is 1. The summed E-state index contributed by atoms with van der Waals surface area (Å²) < 4.78 is 21.1. The van der Waals surface area contributed by atoms with Gasteiger partial charge < -0.3 is 39.6 Å². The maximum Gasteiger partial charge on any atom is 0.303 e. The average Bonchev–Trinajstić information content (AvgIpc) is 3.11. The van der Waals surface area contributed by atoms with Crippen molar-refractivity contribution in [1.82, 2.24) is 15.5 Å². The first kappa shape index (κ1) is 50.1. The van der Waals surface area contributed by atoms with Gasteiger partial charge in [-0.25, -0.2) is 0 Å². The van der Waals surface area contributed by atoms with E-state index in [2.05, 4.69) is 10.6 Å². The van der Waals surface area contributed by atoms with E-state index in [1.54, 1.807) is 0 Å². The van der Waals surface area contributed by atoms with Crippen LogP contribution in [0.4, 0.5) is 0 Å². The second-order valence-electron chi connectivity index (χ2n) is 13.5. The zero-order chi connectivity index (χ0) is 39.2. The van der Waals surface area contributed by atoms with E-state index >= 15 is 0 Å². The highest BCUT2D eigenvalue weighted by Crippen LogP contribution is 2.15. The van der Waals surface area contributed by atoms with E-state index in [-0.39, 0.29) is 81.8 Å². The van der Waals surface area contributed by atoms with Gasteiger partial charge in [0.1, 0.15) is 19.0 Å². The summed E-state index contributed by atoms with van der Waals surface area (Å²) in [6.45, 7) is 5.39. The lowest BCUT2D eigenvalue weighted by Crippen LogP contribution is -2.38. The Morgan fingerprint density at radius 2 is 0.887 bits per heavy atom. The number of ether oxygens (including phenoxy) is 4. The molecule has 14 heteroatoms. The maximum atomic E-state index is 12.8. The summed E-state index contributed by atoms with van der Waals surface area (Å²) in [4.78, 5) is 71.3. The van der Waals surface area contributed by atoms with E-state index in [1.807, 2.05) is 0 Å². The average molecular weight is 758 g/mol. The lowest BCUT2D eigenvalue weighted by molar-refractivity contribution is -0.137. The van der Waals surface area contributed by atoms with Crippen molar-refractivity contribution in [2.24, 2.45) is 0 Å². The normalized spacial score (nSPS) is 11.0. The largest absolute Gasteiger partial charge is 0.481 e. The van der Waals surface area contributed by atoms with Crippen LogP contribution in [0.25, 0.3) is 0 Å². The lowest BCUT2D eigenvalue weighted by atomic mass is 10.0. The number of unbranched alkanes of at least 4 members (excludes halogenated alkanes) is 15.